The molecule has 0 radical (unpaired) electrons. The Bertz CT molecular complexity index is 1030. The highest BCUT2D eigenvalue weighted by molar-refractivity contribution is 7.12. The Hall–Kier alpha value is -2.39. The van der Waals surface area contributed by atoms with Crippen LogP contribution in [0.3, 0.4) is 0 Å². The van der Waals surface area contributed by atoms with E-state index in [4.69, 9.17) is 11.6 Å². The minimum absolute atomic E-state index is 0.0240. The van der Waals surface area contributed by atoms with Gasteiger partial charge in [0.15, 0.2) is 0 Å². The van der Waals surface area contributed by atoms with Gasteiger partial charge in [-0.05, 0) is 49.2 Å². The number of hydrogen-bond acceptors (Lipinski definition) is 6. The first-order valence-corrected chi connectivity index (χ1v) is 11.5. The third kappa shape index (κ3) is 5.10. The van der Waals surface area contributed by atoms with Crippen LogP contribution in [0, 0.1) is 0 Å². The largest absolute Gasteiger partial charge is 0.492 e. The number of amides is 1. The van der Waals surface area contributed by atoms with E-state index < -0.39 is 0 Å². The Morgan fingerprint density at radius 1 is 1.26 bits per heavy atom. The van der Waals surface area contributed by atoms with Crippen molar-refractivity contribution in [3.05, 3.63) is 57.0 Å². The van der Waals surface area contributed by atoms with Gasteiger partial charge in [-0.1, -0.05) is 30.2 Å². The zero-order valence-corrected chi connectivity index (χ0v) is 18.5. The molecule has 0 aliphatic carbocycles. The Morgan fingerprint density at radius 3 is 2.77 bits per heavy atom. The number of aliphatic hydroxyl groups excluding tert-OH is 1. The van der Waals surface area contributed by atoms with Crippen LogP contribution in [0.1, 0.15) is 45.7 Å². The highest BCUT2D eigenvalue weighted by atomic mass is 35.5. The molecular weight excluding hydrogens is 436 g/mol. The van der Waals surface area contributed by atoms with E-state index in [0.717, 1.165) is 37.1 Å². The van der Waals surface area contributed by atoms with Gasteiger partial charge in [0.25, 0.3) is 5.91 Å². The van der Waals surface area contributed by atoms with Crippen molar-refractivity contribution in [2.24, 2.45) is 0 Å². The number of aromatic amines is 1. The molecule has 3 aromatic rings. The molecule has 0 spiro atoms. The van der Waals surface area contributed by atoms with Crippen molar-refractivity contribution in [3.63, 3.8) is 0 Å². The van der Waals surface area contributed by atoms with E-state index in [1.165, 1.54) is 11.3 Å². The summed E-state index contributed by atoms with van der Waals surface area (Å²) in [5.41, 5.74) is 2.21. The summed E-state index contributed by atoms with van der Waals surface area (Å²) in [7, 11) is 0. The maximum Gasteiger partial charge on any atom is 0.268 e. The number of thiazole rings is 1. The fourth-order valence-corrected chi connectivity index (χ4v) is 4.99. The van der Waals surface area contributed by atoms with Crippen LogP contribution in [0.4, 0.5) is 0 Å². The minimum atomic E-state index is -0.376. The van der Waals surface area contributed by atoms with Crippen molar-refractivity contribution >= 4 is 28.8 Å². The monoisotopic (exact) mass is 460 g/mol. The zero-order chi connectivity index (χ0) is 21.8. The number of rotatable bonds is 7. The molecule has 1 aliphatic rings. The number of aromatic nitrogens is 2. The molecular formula is C22H25ClN4O3S. The summed E-state index contributed by atoms with van der Waals surface area (Å²) in [5, 5.41) is 27.2. The number of carbonyl (C=O) groups excluding carboxylic acids is 1. The molecule has 1 aliphatic heterocycles. The molecule has 9 heteroatoms. The molecule has 164 valence electrons. The average Bonchev–Trinajstić information content (AvgIpc) is 3.41. The van der Waals surface area contributed by atoms with Gasteiger partial charge in [-0.25, -0.2) is 4.98 Å². The van der Waals surface area contributed by atoms with Gasteiger partial charge >= 0.3 is 0 Å². The van der Waals surface area contributed by atoms with Crippen LogP contribution in [0.2, 0.25) is 5.02 Å². The lowest BCUT2D eigenvalue weighted by Crippen LogP contribution is -2.46. The van der Waals surface area contributed by atoms with Crippen LogP contribution < -0.4 is 10.6 Å². The second kappa shape index (κ2) is 9.82. The van der Waals surface area contributed by atoms with E-state index in [2.05, 4.69) is 20.6 Å². The van der Waals surface area contributed by atoms with Crippen molar-refractivity contribution in [1.29, 1.82) is 0 Å². The topological polar surface area (TPSA) is 110 Å². The molecule has 2 atom stereocenters. The summed E-state index contributed by atoms with van der Waals surface area (Å²) in [5.74, 6) is -0.315. The summed E-state index contributed by atoms with van der Waals surface area (Å²) in [6.07, 6.45) is 3.40. The SMILES string of the molecule is O=C(NC(c1nc(O)c(CCO)s1)C1CCCCN1)c1ccc(-c2ccc(Cl)cc2)[nH]1. The van der Waals surface area contributed by atoms with Gasteiger partial charge in [0, 0.05) is 29.8 Å². The summed E-state index contributed by atoms with van der Waals surface area (Å²) in [6.45, 7) is 0.810. The molecule has 7 nitrogen and oxygen atoms in total. The van der Waals surface area contributed by atoms with Crippen LogP contribution >= 0.6 is 22.9 Å². The number of aliphatic hydroxyl groups is 1. The van der Waals surface area contributed by atoms with Crippen molar-refractivity contribution in [2.45, 2.75) is 37.8 Å². The van der Waals surface area contributed by atoms with Crippen LogP contribution in [-0.4, -0.2) is 45.3 Å². The van der Waals surface area contributed by atoms with Gasteiger partial charge in [0.05, 0.1) is 10.9 Å². The summed E-state index contributed by atoms with van der Waals surface area (Å²) in [6, 6.07) is 10.7. The summed E-state index contributed by atoms with van der Waals surface area (Å²) >= 11 is 7.29. The highest BCUT2D eigenvalue weighted by Crippen LogP contribution is 2.32. The lowest BCUT2D eigenvalue weighted by atomic mass is 9.98. The molecule has 31 heavy (non-hydrogen) atoms. The predicted octanol–water partition coefficient (Wildman–Crippen LogP) is 3.65. The van der Waals surface area contributed by atoms with Crippen LogP contribution in [0.25, 0.3) is 11.3 Å². The van der Waals surface area contributed by atoms with E-state index in [9.17, 15) is 15.0 Å². The predicted molar refractivity (Wildman–Crippen MR) is 122 cm³/mol. The third-order valence-electron chi connectivity index (χ3n) is 5.42. The smallest absolute Gasteiger partial charge is 0.268 e. The molecule has 1 fully saturated rings. The first kappa shape index (κ1) is 21.8. The van der Waals surface area contributed by atoms with E-state index >= 15 is 0 Å². The molecule has 3 heterocycles. The number of aromatic hydroxyl groups is 1. The molecule has 1 saturated heterocycles. The number of nitrogens with zero attached hydrogens (tertiary/aromatic N) is 1. The number of benzene rings is 1. The Kier molecular flexibility index (Phi) is 6.92. The second-order valence-electron chi connectivity index (χ2n) is 7.57. The standard InChI is InChI=1S/C22H25ClN4O3S/c23-14-6-4-13(5-7-14)15-8-9-17(25-15)20(29)26-19(16-3-1-2-11-24-16)22-27-21(30)18(31-22)10-12-28/h4-9,16,19,24-25,28,30H,1-3,10-12H2,(H,26,29). The molecule has 0 saturated carbocycles. The van der Waals surface area contributed by atoms with Gasteiger partial charge in [-0.15, -0.1) is 11.3 Å². The van der Waals surface area contributed by atoms with E-state index in [1.807, 2.05) is 18.2 Å². The van der Waals surface area contributed by atoms with Gasteiger partial charge in [0.2, 0.25) is 5.88 Å². The Morgan fingerprint density at radius 2 is 2.06 bits per heavy atom. The molecule has 0 bridgehead atoms. The number of hydrogen-bond donors (Lipinski definition) is 5. The van der Waals surface area contributed by atoms with E-state index in [-0.39, 0.29) is 30.5 Å². The van der Waals surface area contributed by atoms with Gasteiger partial charge < -0.3 is 25.8 Å². The first-order valence-electron chi connectivity index (χ1n) is 10.3. The number of H-pyrrole nitrogens is 1. The molecule has 5 N–H and O–H groups in total. The molecule has 1 amide bonds. The maximum atomic E-state index is 13.1. The maximum absolute atomic E-state index is 13.1. The van der Waals surface area contributed by atoms with Gasteiger partial charge in [-0.3, -0.25) is 4.79 Å². The summed E-state index contributed by atoms with van der Waals surface area (Å²) in [4.78, 5) is 21.2. The quantitative estimate of drug-likeness (QED) is 0.369. The molecule has 2 aromatic heterocycles. The fourth-order valence-electron chi connectivity index (χ4n) is 3.80. The number of carbonyl (C=O) groups is 1. The number of nitrogens with one attached hydrogen (secondary N) is 3. The lowest BCUT2D eigenvalue weighted by Gasteiger charge is -2.30. The summed E-state index contributed by atoms with van der Waals surface area (Å²) < 4.78 is 0. The fraction of sp³-hybridized carbons (Fsp3) is 0.364. The van der Waals surface area contributed by atoms with Crippen molar-refractivity contribution < 1.29 is 15.0 Å². The molecule has 2 unspecified atom stereocenters. The second-order valence-corrected chi connectivity index (χ2v) is 9.12. The van der Waals surface area contributed by atoms with E-state index in [1.54, 1.807) is 18.2 Å². The van der Waals surface area contributed by atoms with Crippen LogP contribution in [0.5, 0.6) is 5.88 Å². The number of halogens is 1. The highest BCUT2D eigenvalue weighted by Gasteiger charge is 2.30. The Labute approximate surface area is 189 Å². The first-order chi connectivity index (χ1) is 15.0. The van der Waals surface area contributed by atoms with Crippen LogP contribution in [0.15, 0.2) is 36.4 Å². The van der Waals surface area contributed by atoms with Crippen molar-refractivity contribution in [3.8, 4) is 17.1 Å². The zero-order valence-electron chi connectivity index (χ0n) is 16.9. The average molecular weight is 461 g/mol. The van der Waals surface area contributed by atoms with Gasteiger partial charge in [0.1, 0.15) is 10.7 Å². The lowest BCUT2D eigenvalue weighted by molar-refractivity contribution is 0.0918. The van der Waals surface area contributed by atoms with Crippen molar-refractivity contribution in [1.82, 2.24) is 20.6 Å². The normalized spacial score (nSPS) is 17.4. The van der Waals surface area contributed by atoms with Gasteiger partial charge in [-0.2, -0.15) is 0 Å². The van der Waals surface area contributed by atoms with Crippen molar-refractivity contribution in [2.75, 3.05) is 13.2 Å². The minimum Gasteiger partial charge on any atom is -0.492 e. The van der Waals surface area contributed by atoms with Crippen LogP contribution in [-0.2, 0) is 6.42 Å². The Balaban J connectivity index is 1.56. The third-order valence-corrected chi connectivity index (χ3v) is 6.86. The van der Waals surface area contributed by atoms with E-state index in [0.29, 0.717) is 27.0 Å². The number of piperidine rings is 1. The molecule has 1 aromatic carbocycles. The molecule has 4 rings (SSSR count).